The van der Waals surface area contributed by atoms with Gasteiger partial charge in [-0.05, 0) is 24.1 Å². The van der Waals surface area contributed by atoms with E-state index in [0.717, 1.165) is 0 Å². The molecule has 0 aromatic carbocycles. The molecule has 3 unspecified atom stereocenters. The summed E-state index contributed by atoms with van der Waals surface area (Å²) in [6.45, 7) is -9.04. The van der Waals surface area contributed by atoms with Crippen LogP contribution in [0.1, 0.15) is 18.7 Å². The summed E-state index contributed by atoms with van der Waals surface area (Å²) in [4.78, 5) is 36.1. The van der Waals surface area contributed by atoms with Crippen LogP contribution in [0, 0.1) is 11.3 Å². The topological polar surface area (TPSA) is 263 Å². The molecular weight excluding hydrogens is 674 g/mol. The summed E-state index contributed by atoms with van der Waals surface area (Å²) < 4.78 is 46.2. The first-order chi connectivity index (χ1) is 21.4. The third kappa shape index (κ3) is 4.72. The van der Waals surface area contributed by atoms with Gasteiger partial charge in [-0.15, -0.1) is 0 Å². The van der Waals surface area contributed by atoms with Crippen LogP contribution in [-0.2, 0) is 39.2 Å². The van der Waals surface area contributed by atoms with E-state index < -0.39 is 68.3 Å². The van der Waals surface area contributed by atoms with E-state index in [1.165, 1.54) is 29.9 Å². The Kier molecular flexibility index (Phi) is 6.86. The third-order valence-electron chi connectivity index (χ3n) is 8.90. The molecule has 4 aromatic heterocycles. The van der Waals surface area contributed by atoms with Crippen molar-refractivity contribution in [3.63, 3.8) is 0 Å². The van der Waals surface area contributed by atoms with Crippen LogP contribution in [0.5, 0.6) is 0 Å². The number of thiol groups is 1. The van der Waals surface area contributed by atoms with Crippen LogP contribution in [0.25, 0.3) is 22.3 Å². The van der Waals surface area contributed by atoms with Crippen molar-refractivity contribution in [2.45, 2.75) is 49.2 Å². The van der Waals surface area contributed by atoms with Crippen molar-refractivity contribution in [2.24, 2.45) is 11.3 Å². The van der Waals surface area contributed by atoms with Gasteiger partial charge in [0.2, 0.25) is 0 Å². The van der Waals surface area contributed by atoms with E-state index in [9.17, 15) is 19.7 Å². The highest BCUT2D eigenvalue weighted by molar-refractivity contribution is 8.44. The predicted molar refractivity (Wildman–Crippen MR) is 160 cm³/mol. The second-order valence-corrected chi connectivity index (χ2v) is 17.0. The minimum absolute atomic E-state index is 0.113. The van der Waals surface area contributed by atoms with Crippen molar-refractivity contribution >= 4 is 71.5 Å². The molecule has 1 spiro atoms. The number of fused-ring (bicyclic) bond motifs is 4. The molecule has 2 saturated carbocycles. The van der Waals surface area contributed by atoms with Gasteiger partial charge in [0.05, 0.1) is 31.9 Å². The second kappa shape index (κ2) is 10.3. The quantitative estimate of drug-likeness (QED) is 0.119. The average Bonchev–Trinajstić information content (AvgIpc) is 3.28. The van der Waals surface area contributed by atoms with E-state index in [0.29, 0.717) is 17.6 Å². The molecule has 0 amide bonds. The van der Waals surface area contributed by atoms with Crippen LogP contribution in [-0.4, -0.2) is 97.9 Å². The lowest BCUT2D eigenvalue weighted by molar-refractivity contribution is -0.0581. The lowest BCUT2D eigenvalue weighted by atomic mass is 10.0. The molecule has 2 aliphatic carbocycles. The van der Waals surface area contributed by atoms with Gasteiger partial charge in [0.25, 0.3) is 0 Å². The molecule has 2 aliphatic heterocycles. The van der Waals surface area contributed by atoms with Crippen molar-refractivity contribution < 1.29 is 42.5 Å². The van der Waals surface area contributed by atoms with Crippen LogP contribution in [0.2, 0.25) is 0 Å². The largest absolute Gasteiger partial charge is 0.388 e. The van der Waals surface area contributed by atoms with Crippen molar-refractivity contribution in [1.82, 2.24) is 39.0 Å². The first-order valence-electron chi connectivity index (χ1n) is 13.6. The van der Waals surface area contributed by atoms with Gasteiger partial charge in [-0.2, -0.15) is 0 Å². The van der Waals surface area contributed by atoms with Gasteiger partial charge >= 0.3 is 13.5 Å². The van der Waals surface area contributed by atoms with Crippen LogP contribution in [0.4, 0.5) is 11.6 Å². The Balaban J connectivity index is 1.14. The molecule has 2 bridgehead atoms. The van der Waals surface area contributed by atoms with Gasteiger partial charge in [0.1, 0.15) is 54.2 Å². The highest BCUT2D eigenvalue weighted by Crippen LogP contribution is 2.72. The van der Waals surface area contributed by atoms with Gasteiger partial charge in [-0.25, -0.2) is 34.5 Å². The van der Waals surface area contributed by atoms with E-state index in [2.05, 4.69) is 42.2 Å². The van der Waals surface area contributed by atoms with Crippen LogP contribution < -0.4 is 11.5 Å². The highest BCUT2D eigenvalue weighted by Gasteiger charge is 2.73. The summed E-state index contributed by atoms with van der Waals surface area (Å²) in [6.07, 6.45) is -1.69. The first-order valence-corrected chi connectivity index (χ1v) is 18.9. The van der Waals surface area contributed by atoms with Crippen LogP contribution in [0.15, 0.2) is 25.3 Å². The molecule has 6 heterocycles. The maximum atomic E-state index is 13.7. The summed E-state index contributed by atoms with van der Waals surface area (Å²) in [5.74, 6) is -0.0362. The predicted octanol–water partition coefficient (Wildman–Crippen LogP) is 0.0827. The molecule has 4 fully saturated rings. The molecule has 2 saturated heterocycles. The number of hydrogen-bond donors (Lipinski definition) is 6. The minimum atomic E-state index is -4.24. The number of hydrogen-bond acceptors (Lipinski definition) is 17. The second-order valence-electron chi connectivity index (χ2n) is 11.3. The maximum absolute atomic E-state index is 13.7. The SMILES string of the molecule is Nc1ncnc2c1ncn2[C@H]1[C@H](O)[C@@H]2OP(O)(=S)OC[C@H]3O[C@@H](n4cnc5c(N)ncnc54)[C@H](OP(=O)(S)OCC24C[C@H]14)[C@@H]3O. The van der Waals surface area contributed by atoms with Gasteiger partial charge in [-0.3, -0.25) is 9.09 Å². The van der Waals surface area contributed by atoms with E-state index in [4.69, 9.17) is 46.1 Å². The number of anilines is 2. The lowest BCUT2D eigenvalue weighted by Gasteiger charge is -2.31. The molecule has 11 atom stereocenters. The molecule has 23 heteroatoms. The van der Waals surface area contributed by atoms with E-state index in [1.807, 2.05) is 0 Å². The number of nitrogens with zero attached hydrogens (tertiary/aromatic N) is 8. The fourth-order valence-corrected chi connectivity index (χ4v) is 9.71. The summed E-state index contributed by atoms with van der Waals surface area (Å²) in [6, 6.07) is -0.657. The number of ether oxygens (including phenoxy) is 1. The molecule has 45 heavy (non-hydrogen) atoms. The number of rotatable bonds is 2. The van der Waals surface area contributed by atoms with Gasteiger partial charge < -0.3 is 49.4 Å². The van der Waals surface area contributed by atoms with Crippen molar-refractivity contribution in [1.29, 1.82) is 0 Å². The zero-order valence-electron chi connectivity index (χ0n) is 22.8. The van der Waals surface area contributed by atoms with Crippen LogP contribution in [0.3, 0.4) is 0 Å². The average molecular weight is 701 g/mol. The zero-order valence-corrected chi connectivity index (χ0v) is 26.3. The minimum Gasteiger partial charge on any atom is -0.388 e. The van der Waals surface area contributed by atoms with Crippen molar-refractivity contribution in [3.8, 4) is 0 Å². The number of aromatic nitrogens is 8. The molecular formula is C22H26N10O9P2S2. The summed E-state index contributed by atoms with van der Waals surface area (Å²) >= 11 is 9.57. The summed E-state index contributed by atoms with van der Waals surface area (Å²) in [5, 5.41) is 22.8. The van der Waals surface area contributed by atoms with Gasteiger partial charge in [0, 0.05) is 5.41 Å². The highest BCUT2D eigenvalue weighted by atomic mass is 32.7. The smallest absolute Gasteiger partial charge is 0.386 e. The molecule has 0 radical (unpaired) electrons. The van der Waals surface area contributed by atoms with E-state index in [1.54, 1.807) is 4.57 Å². The Labute approximate surface area is 263 Å². The van der Waals surface area contributed by atoms with Crippen molar-refractivity contribution in [2.75, 3.05) is 24.7 Å². The van der Waals surface area contributed by atoms with E-state index >= 15 is 0 Å². The Morgan fingerprint density at radius 3 is 2.29 bits per heavy atom. The third-order valence-corrected chi connectivity index (χ3v) is 12.0. The monoisotopic (exact) mass is 700 g/mol. The number of aliphatic hydroxyl groups is 2. The fourth-order valence-electron chi connectivity index (χ4n) is 6.73. The van der Waals surface area contributed by atoms with Gasteiger partial charge in [0.15, 0.2) is 29.2 Å². The molecule has 8 rings (SSSR count). The molecule has 7 N–H and O–H groups in total. The number of nitrogen functional groups attached to an aromatic ring is 2. The number of nitrogens with two attached hydrogens (primary N) is 2. The Bertz CT molecular complexity index is 1930. The Hall–Kier alpha value is -2.39. The lowest BCUT2D eigenvalue weighted by Crippen LogP contribution is -2.38. The molecule has 19 nitrogen and oxygen atoms in total. The number of imidazole rings is 2. The van der Waals surface area contributed by atoms with E-state index in [-0.39, 0.29) is 35.3 Å². The normalized spacial score (nSPS) is 41.7. The van der Waals surface area contributed by atoms with Crippen molar-refractivity contribution in [3.05, 3.63) is 25.3 Å². The standard InChI is InChI=1S/C22H26N10O9P2S2/c23-17-10-19(27-4-25-17)31(6-29-10)12-8-1-22(8)3-38-43(36,45)40-15-13(33)9(2-37-42(35,44)41-16(22)14(12)34)39-21(15)32-7-30-11-18(24)26-5-28-20(11)32/h4-9,12-16,21,33-34H,1-3H2,(H,35,44)(H,36,45)(H2,23,25,27)(H2,24,26,28)/t8-,9-,12-,13-,14+,15-,16+,21-,22?,42?,43?/m1/s1. The first kappa shape index (κ1) is 30.0. The van der Waals surface area contributed by atoms with Crippen LogP contribution >= 0.6 is 25.8 Å². The molecule has 4 aromatic rings. The molecule has 240 valence electrons. The molecule has 4 aliphatic rings. The summed E-state index contributed by atoms with van der Waals surface area (Å²) in [5.41, 5.74) is 12.2. The fraction of sp³-hybridized carbons (Fsp3) is 0.545. The zero-order chi connectivity index (χ0) is 31.5. The number of aliphatic hydroxyl groups excluding tert-OH is 2. The Morgan fingerprint density at radius 2 is 1.60 bits per heavy atom. The van der Waals surface area contributed by atoms with Gasteiger partial charge in [-0.1, -0.05) is 12.2 Å². The Morgan fingerprint density at radius 1 is 0.956 bits per heavy atom. The maximum Gasteiger partial charge on any atom is 0.386 e. The summed E-state index contributed by atoms with van der Waals surface area (Å²) in [7, 11) is 0.